The van der Waals surface area contributed by atoms with Crippen LogP contribution in [0.25, 0.3) is 0 Å². The number of hydrogen-bond acceptors (Lipinski definition) is 3. The van der Waals surface area contributed by atoms with Crippen LogP contribution in [-0.2, 0) is 11.2 Å². The summed E-state index contributed by atoms with van der Waals surface area (Å²) in [4.78, 5) is 16.5. The average Bonchev–Trinajstić information content (AvgIpc) is 2.58. The van der Waals surface area contributed by atoms with Crippen molar-refractivity contribution in [2.24, 2.45) is 0 Å². The zero-order valence-corrected chi connectivity index (χ0v) is 14.4. The summed E-state index contributed by atoms with van der Waals surface area (Å²) in [6.45, 7) is 4.06. The van der Waals surface area contributed by atoms with E-state index in [4.69, 9.17) is 0 Å². The van der Waals surface area contributed by atoms with Gasteiger partial charge in [0.1, 0.15) is 5.82 Å². The second-order valence-electron chi connectivity index (χ2n) is 6.09. The first kappa shape index (κ1) is 16.7. The van der Waals surface area contributed by atoms with Crippen molar-refractivity contribution in [3.63, 3.8) is 0 Å². The van der Waals surface area contributed by atoms with Crippen LogP contribution in [0.1, 0.15) is 16.7 Å². The molecule has 0 aliphatic carbocycles. The van der Waals surface area contributed by atoms with E-state index in [1.807, 2.05) is 74.5 Å². The van der Waals surface area contributed by atoms with Gasteiger partial charge < -0.3 is 10.6 Å². The quantitative estimate of drug-likeness (QED) is 0.717. The topological polar surface area (TPSA) is 54.0 Å². The number of anilines is 3. The Morgan fingerprint density at radius 2 is 1.84 bits per heavy atom. The van der Waals surface area contributed by atoms with Gasteiger partial charge in [0, 0.05) is 5.69 Å². The second kappa shape index (κ2) is 7.62. The van der Waals surface area contributed by atoms with E-state index in [0.717, 1.165) is 28.2 Å². The summed E-state index contributed by atoms with van der Waals surface area (Å²) in [6, 6.07) is 19.7. The smallest absolute Gasteiger partial charge is 0.228 e. The molecule has 4 heteroatoms. The van der Waals surface area contributed by atoms with Crippen molar-refractivity contribution >= 4 is 23.1 Å². The lowest BCUT2D eigenvalue weighted by Crippen LogP contribution is -2.14. The van der Waals surface area contributed by atoms with Crippen molar-refractivity contribution in [2.75, 3.05) is 10.6 Å². The van der Waals surface area contributed by atoms with Crippen LogP contribution >= 0.6 is 0 Å². The van der Waals surface area contributed by atoms with Gasteiger partial charge in [0.05, 0.1) is 18.3 Å². The van der Waals surface area contributed by atoms with Crippen molar-refractivity contribution in [1.29, 1.82) is 0 Å². The Morgan fingerprint density at radius 1 is 1.00 bits per heavy atom. The van der Waals surface area contributed by atoms with E-state index in [0.29, 0.717) is 12.1 Å². The van der Waals surface area contributed by atoms with Gasteiger partial charge >= 0.3 is 0 Å². The SMILES string of the molecule is Cc1cccc(CC(=O)Nc2ccc(Nc3ccccc3C)nc2)c1. The van der Waals surface area contributed by atoms with Crippen LogP contribution in [-0.4, -0.2) is 10.9 Å². The summed E-state index contributed by atoms with van der Waals surface area (Å²) in [5, 5.41) is 6.16. The van der Waals surface area contributed by atoms with E-state index in [9.17, 15) is 4.79 Å². The Balaban J connectivity index is 1.60. The van der Waals surface area contributed by atoms with Gasteiger partial charge in [0.2, 0.25) is 5.91 Å². The molecule has 4 nitrogen and oxygen atoms in total. The summed E-state index contributed by atoms with van der Waals surface area (Å²) >= 11 is 0. The minimum Gasteiger partial charge on any atom is -0.340 e. The zero-order valence-electron chi connectivity index (χ0n) is 14.4. The minimum absolute atomic E-state index is 0.0491. The summed E-state index contributed by atoms with van der Waals surface area (Å²) < 4.78 is 0. The Labute approximate surface area is 147 Å². The number of carbonyl (C=O) groups is 1. The predicted octanol–water partition coefficient (Wildman–Crippen LogP) is 4.62. The fourth-order valence-electron chi connectivity index (χ4n) is 2.61. The van der Waals surface area contributed by atoms with Crippen LogP contribution < -0.4 is 10.6 Å². The Kier molecular flexibility index (Phi) is 5.09. The van der Waals surface area contributed by atoms with Gasteiger partial charge in [-0.25, -0.2) is 4.98 Å². The molecular weight excluding hydrogens is 310 g/mol. The van der Waals surface area contributed by atoms with Gasteiger partial charge in [-0.1, -0.05) is 48.0 Å². The lowest BCUT2D eigenvalue weighted by atomic mass is 10.1. The fourth-order valence-corrected chi connectivity index (χ4v) is 2.61. The normalized spacial score (nSPS) is 10.3. The number of nitrogens with one attached hydrogen (secondary N) is 2. The molecule has 3 rings (SSSR count). The number of aryl methyl sites for hydroxylation is 2. The number of aromatic nitrogens is 1. The zero-order chi connectivity index (χ0) is 17.6. The first-order chi connectivity index (χ1) is 12.1. The highest BCUT2D eigenvalue weighted by Gasteiger charge is 2.05. The summed E-state index contributed by atoms with van der Waals surface area (Å²) in [7, 11) is 0. The molecule has 0 aliphatic heterocycles. The fraction of sp³-hybridized carbons (Fsp3) is 0.143. The minimum atomic E-state index is -0.0491. The number of nitrogens with zero attached hydrogens (tertiary/aromatic N) is 1. The molecule has 126 valence electrons. The number of pyridine rings is 1. The average molecular weight is 331 g/mol. The van der Waals surface area contributed by atoms with Gasteiger partial charge in [-0.2, -0.15) is 0 Å². The Morgan fingerprint density at radius 3 is 2.56 bits per heavy atom. The van der Waals surface area contributed by atoms with E-state index < -0.39 is 0 Å². The maximum absolute atomic E-state index is 12.2. The van der Waals surface area contributed by atoms with Gasteiger partial charge in [-0.05, 0) is 43.2 Å². The van der Waals surface area contributed by atoms with E-state index in [1.54, 1.807) is 6.20 Å². The molecule has 0 bridgehead atoms. The molecule has 1 heterocycles. The van der Waals surface area contributed by atoms with Gasteiger partial charge in [0.15, 0.2) is 0 Å². The molecule has 0 atom stereocenters. The number of hydrogen-bond donors (Lipinski definition) is 2. The molecule has 1 amide bonds. The third kappa shape index (κ3) is 4.67. The number of benzene rings is 2. The van der Waals surface area contributed by atoms with Crippen molar-refractivity contribution < 1.29 is 4.79 Å². The van der Waals surface area contributed by atoms with Crippen molar-refractivity contribution in [1.82, 2.24) is 4.98 Å². The highest BCUT2D eigenvalue weighted by atomic mass is 16.1. The van der Waals surface area contributed by atoms with Crippen LogP contribution in [0.5, 0.6) is 0 Å². The molecule has 0 spiro atoms. The summed E-state index contributed by atoms with van der Waals surface area (Å²) in [6.07, 6.45) is 2.01. The highest BCUT2D eigenvalue weighted by Crippen LogP contribution is 2.19. The number of rotatable bonds is 5. The van der Waals surface area contributed by atoms with E-state index >= 15 is 0 Å². The molecule has 2 aromatic carbocycles. The first-order valence-corrected chi connectivity index (χ1v) is 8.24. The molecule has 0 unspecified atom stereocenters. The second-order valence-corrected chi connectivity index (χ2v) is 6.09. The van der Waals surface area contributed by atoms with Crippen molar-refractivity contribution in [2.45, 2.75) is 20.3 Å². The molecule has 2 N–H and O–H groups in total. The van der Waals surface area contributed by atoms with Crippen LogP contribution in [0.2, 0.25) is 0 Å². The third-order valence-electron chi connectivity index (χ3n) is 3.90. The standard InChI is InChI=1S/C21H21N3O/c1-15-6-5-8-17(12-15)13-21(25)23-18-10-11-20(22-14-18)24-19-9-4-3-7-16(19)2/h3-12,14H,13H2,1-2H3,(H,22,24)(H,23,25). The van der Waals surface area contributed by atoms with Crippen LogP contribution in [0, 0.1) is 13.8 Å². The molecular formula is C21H21N3O. The Bertz CT molecular complexity index is 872. The van der Waals surface area contributed by atoms with Crippen LogP contribution in [0.15, 0.2) is 66.9 Å². The number of para-hydroxylation sites is 1. The lowest BCUT2D eigenvalue weighted by molar-refractivity contribution is -0.115. The molecule has 0 fully saturated rings. The van der Waals surface area contributed by atoms with Crippen molar-refractivity contribution in [3.05, 3.63) is 83.6 Å². The Hall–Kier alpha value is -3.14. The molecule has 0 aliphatic rings. The largest absolute Gasteiger partial charge is 0.340 e. The molecule has 0 saturated carbocycles. The lowest BCUT2D eigenvalue weighted by Gasteiger charge is -2.10. The highest BCUT2D eigenvalue weighted by molar-refractivity contribution is 5.92. The van der Waals surface area contributed by atoms with Gasteiger partial charge in [-0.15, -0.1) is 0 Å². The van der Waals surface area contributed by atoms with E-state index in [2.05, 4.69) is 15.6 Å². The van der Waals surface area contributed by atoms with E-state index in [1.165, 1.54) is 0 Å². The third-order valence-corrected chi connectivity index (χ3v) is 3.90. The monoisotopic (exact) mass is 331 g/mol. The number of carbonyl (C=O) groups excluding carboxylic acids is 1. The van der Waals surface area contributed by atoms with Crippen LogP contribution in [0.4, 0.5) is 17.2 Å². The first-order valence-electron chi connectivity index (χ1n) is 8.24. The summed E-state index contributed by atoms with van der Waals surface area (Å²) in [5.74, 6) is 0.693. The van der Waals surface area contributed by atoms with Gasteiger partial charge in [-0.3, -0.25) is 4.79 Å². The van der Waals surface area contributed by atoms with Crippen molar-refractivity contribution in [3.8, 4) is 0 Å². The molecule has 3 aromatic rings. The predicted molar refractivity (Wildman–Crippen MR) is 102 cm³/mol. The number of amides is 1. The molecule has 25 heavy (non-hydrogen) atoms. The molecule has 0 radical (unpaired) electrons. The molecule has 0 saturated heterocycles. The molecule has 1 aromatic heterocycles. The van der Waals surface area contributed by atoms with E-state index in [-0.39, 0.29) is 5.91 Å². The van der Waals surface area contributed by atoms with Gasteiger partial charge in [0.25, 0.3) is 0 Å². The maximum Gasteiger partial charge on any atom is 0.228 e. The summed E-state index contributed by atoms with van der Waals surface area (Å²) in [5.41, 5.74) is 5.01. The maximum atomic E-state index is 12.2. The van der Waals surface area contributed by atoms with Crippen LogP contribution in [0.3, 0.4) is 0 Å².